The van der Waals surface area contributed by atoms with Crippen LogP contribution in [0.4, 0.5) is 5.69 Å². The SMILES string of the molecule is CCOc1ccc(NC(C)c2nccn2C)cc1OCC. The van der Waals surface area contributed by atoms with Crippen molar-refractivity contribution in [3.63, 3.8) is 0 Å². The molecule has 2 rings (SSSR count). The van der Waals surface area contributed by atoms with Crippen LogP contribution in [0.25, 0.3) is 0 Å². The second kappa shape index (κ2) is 7.02. The fourth-order valence-corrected chi connectivity index (χ4v) is 2.25. The second-order valence-corrected chi connectivity index (χ2v) is 4.79. The Morgan fingerprint density at radius 3 is 2.52 bits per heavy atom. The predicted molar refractivity (Wildman–Crippen MR) is 84.0 cm³/mol. The highest BCUT2D eigenvalue weighted by Gasteiger charge is 2.12. The third-order valence-corrected chi connectivity index (χ3v) is 3.17. The van der Waals surface area contributed by atoms with Crippen LogP contribution in [-0.4, -0.2) is 22.8 Å². The number of aryl methyl sites for hydroxylation is 1. The number of benzene rings is 1. The van der Waals surface area contributed by atoms with Gasteiger partial charge in [0.25, 0.3) is 0 Å². The molecule has 1 heterocycles. The zero-order valence-electron chi connectivity index (χ0n) is 13.1. The van der Waals surface area contributed by atoms with Crippen LogP contribution >= 0.6 is 0 Å². The molecule has 114 valence electrons. The first-order valence-corrected chi connectivity index (χ1v) is 7.29. The number of hydrogen-bond acceptors (Lipinski definition) is 4. The number of anilines is 1. The molecule has 1 atom stereocenters. The van der Waals surface area contributed by atoms with Crippen LogP contribution in [0.3, 0.4) is 0 Å². The van der Waals surface area contributed by atoms with Crippen molar-refractivity contribution in [3.8, 4) is 11.5 Å². The van der Waals surface area contributed by atoms with E-state index in [4.69, 9.17) is 9.47 Å². The molecule has 0 saturated heterocycles. The molecular formula is C16H23N3O2. The summed E-state index contributed by atoms with van der Waals surface area (Å²) in [5, 5.41) is 3.43. The maximum absolute atomic E-state index is 5.64. The Hall–Kier alpha value is -2.17. The first-order valence-electron chi connectivity index (χ1n) is 7.29. The lowest BCUT2D eigenvalue weighted by molar-refractivity contribution is 0.288. The molecule has 0 fully saturated rings. The van der Waals surface area contributed by atoms with Crippen molar-refractivity contribution in [2.24, 2.45) is 7.05 Å². The molecule has 0 bridgehead atoms. The number of nitrogens with zero attached hydrogens (tertiary/aromatic N) is 2. The number of ether oxygens (including phenoxy) is 2. The van der Waals surface area contributed by atoms with E-state index in [9.17, 15) is 0 Å². The molecule has 1 aromatic heterocycles. The van der Waals surface area contributed by atoms with Gasteiger partial charge in [-0.25, -0.2) is 4.98 Å². The molecule has 2 aromatic rings. The Kier molecular flexibility index (Phi) is 5.09. The van der Waals surface area contributed by atoms with Crippen molar-refractivity contribution in [1.29, 1.82) is 0 Å². The summed E-state index contributed by atoms with van der Waals surface area (Å²) < 4.78 is 13.2. The molecule has 0 aliphatic carbocycles. The Bertz CT molecular complexity index is 581. The summed E-state index contributed by atoms with van der Waals surface area (Å²) in [5.74, 6) is 2.52. The average Bonchev–Trinajstić information content (AvgIpc) is 2.88. The fourth-order valence-electron chi connectivity index (χ4n) is 2.25. The molecule has 0 spiro atoms. The Balaban J connectivity index is 2.16. The van der Waals surface area contributed by atoms with Crippen molar-refractivity contribution in [3.05, 3.63) is 36.4 Å². The van der Waals surface area contributed by atoms with Gasteiger partial charge < -0.3 is 19.4 Å². The molecule has 5 nitrogen and oxygen atoms in total. The summed E-state index contributed by atoms with van der Waals surface area (Å²) in [6.45, 7) is 7.24. The van der Waals surface area contributed by atoms with Gasteiger partial charge in [0.2, 0.25) is 0 Å². The Morgan fingerprint density at radius 2 is 1.90 bits per heavy atom. The van der Waals surface area contributed by atoms with E-state index in [-0.39, 0.29) is 6.04 Å². The topological polar surface area (TPSA) is 48.3 Å². The smallest absolute Gasteiger partial charge is 0.163 e. The van der Waals surface area contributed by atoms with E-state index in [0.29, 0.717) is 13.2 Å². The molecule has 1 N–H and O–H groups in total. The summed E-state index contributed by atoms with van der Waals surface area (Å²) >= 11 is 0. The van der Waals surface area contributed by atoms with Crippen LogP contribution in [0.1, 0.15) is 32.6 Å². The van der Waals surface area contributed by atoms with Gasteiger partial charge in [0, 0.05) is 31.2 Å². The number of hydrogen-bond donors (Lipinski definition) is 1. The highest BCUT2D eigenvalue weighted by molar-refractivity contribution is 5.55. The van der Waals surface area contributed by atoms with Crippen LogP contribution in [0, 0.1) is 0 Å². The van der Waals surface area contributed by atoms with Gasteiger partial charge in [0.1, 0.15) is 5.82 Å². The van der Waals surface area contributed by atoms with Gasteiger partial charge in [-0.3, -0.25) is 0 Å². The van der Waals surface area contributed by atoms with E-state index in [1.165, 1.54) is 0 Å². The number of nitrogens with one attached hydrogen (secondary N) is 1. The molecular weight excluding hydrogens is 266 g/mol. The molecule has 0 saturated carbocycles. The average molecular weight is 289 g/mol. The lowest BCUT2D eigenvalue weighted by Crippen LogP contribution is -2.12. The standard InChI is InChI=1S/C16H23N3O2/c1-5-20-14-8-7-13(11-15(14)21-6-2)18-12(3)16-17-9-10-19(16)4/h7-12,18H,5-6H2,1-4H3. The predicted octanol–water partition coefficient (Wildman–Crippen LogP) is 3.39. The zero-order valence-corrected chi connectivity index (χ0v) is 13.1. The quantitative estimate of drug-likeness (QED) is 0.848. The molecule has 1 aromatic carbocycles. The van der Waals surface area contributed by atoms with Crippen LogP contribution in [0.2, 0.25) is 0 Å². The number of aromatic nitrogens is 2. The summed E-state index contributed by atoms with van der Waals surface area (Å²) in [6.07, 6.45) is 3.74. The van der Waals surface area contributed by atoms with Gasteiger partial charge in [-0.05, 0) is 32.9 Å². The normalized spacial score (nSPS) is 12.0. The molecule has 0 amide bonds. The second-order valence-electron chi connectivity index (χ2n) is 4.79. The maximum atomic E-state index is 5.64. The van der Waals surface area contributed by atoms with E-state index in [0.717, 1.165) is 23.0 Å². The minimum atomic E-state index is 0.109. The third-order valence-electron chi connectivity index (χ3n) is 3.17. The third kappa shape index (κ3) is 3.68. The maximum Gasteiger partial charge on any atom is 0.163 e. The lowest BCUT2D eigenvalue weighted by Gasteiger charge is -2.17. The van der Waals surface area contributed by atoms with Gasteiger partial charge in [0.05, 0.1) is 19.3 Å². The van der Waals surface area contributed by atoms with Crippen molar-refractivity contribution in [2.45, 2.75) is 26.8 Å². The molecule has 21 heavy (non-hydrogen) atoms. The Labute approximate surface area is 125 Å². The number of imidazole rings is 1. The molecule has 5 heteroatoms. The summed E-state index contributed by atoms with van der Waals surface area (Å²) in [7, 11) is 1.99. The first-order chi connectivity index (χ1) is 10.2. The van der Waals surface area contributed by atoms with Gasteiger partial charge in [-0.15, -0.1) is 0 Å². The molecule has 0 aliphatic rings. The largest absolute Gasteiger partial charge is 0.490 e. The fraction of sp³-hybridized carbons (Fsp3) is 0.438. The Morgan fingerprint density at radius 1 is 1.19 bits per heavy atom. The van der Waals surface area contributed by atoms with Crippen molar-refractivity contribution < 1.29 is 9.47 Å². The highest BCUT2D eigenvalue weighted by atomic mass is 16.5. The monoisotopic (exact) mass is 289 g/mol. The zero-order chi connectivity index (χ0) is 15.2. The van der Waals surface area contributed by atoms with E-state index in [1.807, 2.05) is 49.9 Å². The number of rotatable bonds is 7. The summed E-state index contributed by atoms with van der Waals surface area (Å²) in [6, 6.07) is 6.00. The first kappa shape index (κ1) is 15.2. The molecule has 1 unspecified atom stereocenters. The van der Waals surface area contributed by atoms with Crippen LogP contribution in [0.15, 0.2) is 30.6 Å². The van der Waals surface area contributed by atoms with Gasteiger partial charge in [-0.1, -0.05) is 0 Å². The van der Waals surface area contributed by atoms with Gasteiger partial charge in [0.15, 0.2) is 11.5 Å². The summed E-state index contributed by atoms with van der Waals surface area (Å²) in [4.78, 5) is 4.36. The van der Waals surface area contributed by atoms with E-state index in [1.54, 1.807) is 6.20 Å². The molecule has 0 aliphatic heterocycles. The van der Waals surface area contributed by atoms with Gasteiger partial charge >= 0.3 is 0 Å². The summed E-state index contributed by atoms with van der Waals surface area (Å²) in [5.41, 5.74) is 0.984. The van der Waals surface area contributed by atoms with Crippen molar-refractivity contribution >= 4 is 5.69 Å². The van der Waals surface area contributed by atoms with E-state index >= 15 is 0 Å². The minimum absolute atomic E-state index is 0.109. The van der Waals surface area contributed by atoms with E-state index < -0.39 is 0 Å². The van der Waals surface area contributed by atoms with Gasteiger partial charge in [-0.2, -0.15) is 0 Å². The van der Waals surface area contributed by atoms with Crippen LogP contribution in [0.5, 0.6) is 11.5 Å². The lowest BCUT2D eigenvalue weighted by atomic mass is 10.2. The van der Waals surface area contributed by atoms with Crippen molar-refractivity contribution in [1.82, 2.24) is 9.55 Å². The van der Waals surface area contributed by atoms with Crippen LogP contribution in [-0.2, 0) is 7.05 Å². The molecule has 0 radical (unpaired) electrons. The highest BCUT2D eigenvalue weighted by Crippen LogP contribution is 2.31. The van der Waals surface area contributed by atoms with E-state index in [2.05, 4.69) is 17.2 Å². The van der Waals surface area contributed by atoms with Crippen LogP contribution < -0.4 is 14.8 Å². The van der Waals surface area contributed by atoms with Crippen molar-refractivity contribution in [2.75, 3.05) is 18.5 Å². The minimum Gasteiger partial charge on any atom is -0.490 e.